The molecule has 2 aromatic heterocycles. The van der Waals surface area contributed by atoms with Crippen molar-refractivity contribution < 1.29 is 4.79 Å². The third kappa shape index (κ3) is 3.01. The summed E-state index contributed by atoms with van der Waals surface area (Å²) in [5.74, 6) is -0.225. The van der Waals surface area contributed by atoms with Gasteiger partial charge in [-0.05, 0) is 31.0 Å². The maximum atomic E-state index is 11.9. The number of anilines is 1. The van der Waals surface area contributed by atoms with Gasteiger partial charge in [-0.1, -0.05) is 12.1 Å². The topological polar surface area (TPSA) is 54.9 Å². The van der Waals surface area contributed by atoms with E-state index in [9.17, 15) is 4.79 Å². The summed E-state index contributed by atoms with van der Waals surface area (Å²) in [6.07, 6.45) is 0. The molecule has 3 rings (SSSR count). The number of carbonyl (C=O) groups is 1. The Labute approximate surface area is 130 Å². The van der Waals surface area contributed by atoms with Crippen molar-refractivity contribution >= 4 is 33.7 Å². The smallest absolute Gasteiger partial charge is 0.276 e. The van der Waals surface area contributed by atoms with Crippen LogP contribution in [0.1, 0.15) is 21.6 Å². The van der Waals surface area contributed by atoms with Crippen molar-refractivity contribution in [2.75, 3.05) is 5.32 Å². The van der Waals surface area contributed by atoms with Gasteiger partial charge in [0.15, 0.2) is 5.13 Å². The second-order valence-corrected chi connectivity index (χ2v) is 6.24. The molecular weight excluding hydrogens is 302 g/mol. The maximum absolute atomic E-state index is 11.9. The van der Waals surface area contributed by atoms with Gasteiger partial charge in [0.2, 0.25) is 0 Å². The van der Waals surface area contributed by atoms with Gasteiger partial charge in [-0.25, -0.2) is 9.97 Å². The van der Waals surface area contributed by atoms with Crippen LogP contribution in [0.3, 0.4) is 0 Å². The lowest BCUT2D eigenvalue weighted by Crippen LogP contribution is -2.11. The average Bonchev–Trinajstić information content (AvgIpc) is 3.12. The second-order valence-electron chi connectivity index (χ2n) is 4.66. The Hall–Kier alpha value is -2.05. The van der Waals surface area contributed by atoms with Crippen LogP contribution < -0.4 is 5.32 Å². The fourth-order valence-corrected chi connectivity index (χ4v) is 3.10. The molecule has 0 saturated heterocycles. The summed E-state index contributed by atoms with van der Waals surface area (Å²) in [5, 5.41) is 7.02. The summed E-state index contributed by atoms with van der Waals surface area (Å²) >= 11 is 2.81. The highest BCUT2D eigenvalue weighted by Crippen LogP contribution is 2.26. The molecule has 2 heterocycles. The van der Waals surface area contributed by atoms with Crippen molar-refractivity contribution in [3.05, 3.63) is 51.3 Å². The number of hydrogen-bond acceptors (Lipinski definition) is 5. The van der Waals surface area contributed by atoms with Crippen LogP contribution in [-0.4, -0.2) is 15.9 Å². The third-order valence-electron chi connectivity index (χ3n) is 3.19. The van der Waals surface area contributed by atoms with Crippen LogP contribution in [0.5, 0.6) is 0 Å². The third-order valence-corrected chi connectivity index (χ3v) is 4.54. The van der Waals surface area contributed by atoms with E-state index in [2.05, 4.69) is 41.3 Å². The first-order chi connectivity index (χ1) is 10.1. The molecule has 0 radical (unpaired) electrons. The lowest BCUT2D eigenvalue weighted by Gasteiger charge is -2.02. The van der Waals surface area contributed by atoms with Crippen LogP contribution in [0.2, 0.25) is 0 Å². The van der Waals surface area contributed by atoms with Gasteiger partial charge in [0.1, 0.15) is 5.69 Å². The van der Waals surface area contributed by atoms with Crippen molar-refractivity contribution in [2.24, 2.45) is 0 Å². The Morgan fingerprint density at radius 3 is 2.76 bits per heavy atom. The molecule has 0 spiro atoms. The first kappa shape index (κ1) is 13.9. The average molecular weight is 315 g/mol. The molecule has 0 atom stereocenters. The molecule has 106 valence electrons. The summed E-state index contributed by atoms with van der Waals surface area (Å²) in [6, 6.07) is 6.23. The molecular formula is C15H13N3OS2. The zero-order chi connectivity index (χ0) is 14.8. The Kier molecular flexibility index (Phi) is 3.81. The molecule has 0 aliphatic carbocycles. The zero-order valence-electron chi connectivity index (χ0n) is 11.6. The van der Waals surface area contributed by atoms with Crippen molar-refractivity contribution in [1.82, 2.24) is 9.97 Å². The zero-order valence-corrected chi connectivity index (χ0v) is 13.2. The number of nitrogens with zero attached hydrogens (tertiary/aromatic N) is 2. The van der Waals surface area contributed by atoms with Gasteiger partial charge >= 0.3 is 0 Å². The summed E-state index contributed by atoms with van der Waals surface area (Å²) in [5.41, 5.74) is 6.47. The van der Waals surface area contributed by atoms with Gasteiger partial charge < -0.3 is 0 Å². The van der Waals surface area contributed by atoms with Crippen LogP contribution in [0.4, 0.5) is 5.13 Å². The molecule has 0 fully saturated rings. The molecule has 0 bridgehead atoms. The molecule has 0 saturated carbocycles. The quantitative estimate of drug-likeness (QED) is 0.790. The number of amides is 1. The van der Waals surface area contributed by atoms with E-state index in [0.29, 0.717) is 10.8 Å². The lowest BCUT2D eigenvalue weighted by molar-refractivity contribution is 0.102. The van der Waals surface area contributed by atoms with E-state index >= 15 is 0 Å². The van der Waals surface area contributed by atoms with Crippen molar-refractivity contribution in [2.45, 2.75) is 13.8 Å². The number of aromatic nitrogens is 2. The summed E-state index contributed by atoms with van der Waals surface area (Å²) in [4.78, 5) is 20.4. The summed E-state index contributed by atoms with van der Waals surface area (Å²) in [7, 11) is 0. The predicted molar refractivity (Wildman–Crippen MR) is 87.1 cm³/mol. The molecule has 0 aliphatic rings. The number of carbonyl (C=O) groups excluding carboxylic acids is 1. The van der Waals surface area contributed by atoms with Crippen molar-refractivity contribution in [1.29, 1.82) is 0 Å². The number of nitrogens with one attached hydrogen (secondary N) is 1. The molecule has 1 amide bonds. The minimum Gasteiger partial charge on any atom is -0.296 e. The van der Waals surface area contributed by atoms with Crippen molar-refractivity contribution in [3.63, 3.8) is 0 Å². The number of thiazole rings is 2. The van der Waals surface area contributed by atoms with E-state index in [-0.39, 0.29) is 5.91 Å². The summed E-state index contributed by atoms with van der Waals surface area (Å²) in [6.45, 7) is 4.16. The SMILES string of the molecule is Cc1ccc(-c2csc(NC(=O)c3cscn3)n2)cc1C. The Balaban J connectivity index is 1.80. The lowest BCUT2D eigenvalue weighted by atomic mass is 10.1. The van der Waals surface area contributed by atoms with Crippen LogP contribution in [-0.2, 0) is 0 Å². The van der Waals surface area contributed by atoms with E-state index in [0.717, 1.165) is 11.3 Å². The highest BCUT2D eigenvalue weighted by molar-refractivity contribution is 7.14. The number of hydrogen-bond donors (Lipinski definition) is 1. The normalized spacial score (nSPS) is 10.6. The molecule has 1 N–H and O–H groups in total. The second kappa shape index (κ2) is 5.75. The maximum Gasteiger partial charge on any atom is 0.276 e. The number of rotatable bonds is 3. The fraction of sp³-hybridized carbons (Fsp3) is 0.133. The first-order valence-corrected chi connectivity index (χ1v) is 8.18. The van der Waals surface area contributed by atoms with Crippen LogP contribution in [0.25, 0.3) is 11.3 Å². The number of benzene rings is 1. The molecule has 1 aromatic carbocycles. The van der Waals surface area contributed by atoms with Gasteiger partial charge in [0.25, 0.3) is 5.91 Å². The van der Waals surface area contributed by atoms with Crippen LogP contribution >= 0.6 is 22.7 Å². The Morgan fingerprint density at radius 2 is 2.05 bits per heavy atom. The van der Waals surface area contributed by atoms with Crippen molar-refractivity contribution in [3.8, 4) is 11.3 Å². The van der Waals surface area contributed by atoms with Gasteiger partial charge in [0, 0.05) is 16.3 Å². The molecule has 0 unspecified atom stereocenters. The monoisotopic (exact) mass is 315 g/mol. The molecule has 0 aliphatic heterocycles. The largest absolute Gasteiger partial charge is 0.296 e. The Morgan fingerprint density at radius 1 is 1.19 bits per heavy atom. The van der Waals surface area contributed by atoms with E-state index in [1.54, 1.807) is 10.9 Å². The summed E-state index contributed by atoms with van der Waals surface area (Å²) < 4.78 is 0. The molecule has 21 heavy (non-hydrogen) atoms. The van der Waals surface area contributed by atoms with E-state index < -0.39 is 0 Å². The van der Waals surface area contributed by atoms with Gasteiger partial charge in [-0.2, -0.15) is 0 Å². The molecule has 4 nitrogen and oxygen atoms in total. The molecule has 6 heteroatoms. The van der Waals surface area contributed by atoms with E-state index in [1.165, 1.54) is 33.8 Å². The fourth-order valence-electron chi connectivity index (χ4n) is 1.85. The van der Waals surface area contributed by atoms with Gasteiger partial charge in [0.05, 0.1) is 11.2 Å². The van der Waals surface area contributed by atoms with E-state index in [4.69, 9.17) is 0 Å². The minimum absolute atomic E-state index is 0.225. The Bertz CT molecular complexity index is 778. The van der Waals surface area contributed by atoms with Crippen LogP contribution in [0.15, 0.2) is 34.5 Å². The highest BCUT2D eigenvalue weighted by Gasteiger charge is 2.11. The van der Waals surface area contributed by atoms with Gasteiger partial charge in [-0.3, -0.25) is 10.1 Å². The predicted octanol–water partition coefficient (Wildman–Crippen LogP) is 4.14. The number of aryl methyl sites for hydroxylation is 2. The molecule has 3 aromatic rings. The highest BCUT2D eigenvalue weighted by atomic mass is 32.1. The first-order valence-electron chi connectivity index (χ1n) is 6.36. The van der Waals surface area contributed by atoms with Gasteiger partial charge in [-0.15, -0.1) is 22.7 Å². The van der Waals surface area contributed by atoms with E-state index in [1.807, 2.05) is 11.4 Å². The van der Waals surface area contributed by atoms with Crippen LogP contribution in [0, 0.1) is 13.8 Å². The minimum atomic E-state index is -0.225. The standard InChI is InChI=1S/C15H13N3OS2/c1-9-3-4-11(5-10(9)2)12-7-21-15(17-12)18-14(19)13-6-20-8-16-13/h3-8H,1-2H3,(H,17,18,19).